The largest absolute Gasteiger partial charge is 0.348 e. The van der Waals surface area contributed by atoms with E-state index in [9.17, 15) is 13.6 Å². The van der Waals surface area contributed by atoms with E-state index in [2.05, 4.69) is 10.4 Å². The molecule has 27 heavy (non-hydrogen) atoms. The van der Waals surface area contributed by atoms with Crippen molar-refractivity contribution in [2.75, 3.05) is 0 Å². The number of amides is 1. The van der Waals surface area contributed by atoms with Crippen LogP contribution in [-0.4, -0.2) is 21.7 Å². The number of rotatable bonds is 3. The Balaban J connectivity index is 1.55. The maximum Gasteiger partial charge on any atom is 0.272 e. The van der Waals surface area contributed by atoms with Gasteiger partial charge in [0.15, 0.2) is 11.5 Å². The number of aromatic nitrogens is 2. The highest BCUT2D eigenvalue weighted by Gasteiger charge is 2.44. The molecule has 1 heterocycles. The van der Waals surface area contributed by atoms with E-state index in [0.29, 0.717) is 17.5 Å². The van der Waals surface area contributed by atoms with Gasteiger partial charge in [-0.2, -0.15) is 5.10 Å². The van der Waals surface area contributed by atoms with E-state index in [1.807, 2.05) is 0 Å². The first-order valence-corrected chi connectivity index (χ1v) is 10.0. The first-order valence-electron chi connectivity index (χ1n) is 10.0. The highest BCUT2D eigenvalue weighted by atomic mass is 19.1. The van der Waals surface area contributed by atoms with Gasteiger partial charge in [0.05, 0.1) is 5.69 Å². The number of halogens is 2. The van der Waals surface area contributed by atoms with E-state index in [4.69, 9.17) is 0 Å². The van der Waals surface area contributed by atoms with Gasteiger partial charge in [-0.3, -0.25) is 4.79 Å². The summed E-state index contributed by atoms with van der Waals surface area (Å²) < 4.78 is 29.3. The summed E-state index contributed by atoms with van der Waals surface area (Å²) in [6.45, 7) is 0. The Morgan fingerprint density at radius 1 is 1.07 bits per heavy atom. The fourth-order valence-corrected chi connectivity index (χ4v) is 5.24. The van der Waals surface area contributed by atoms with Crippen molar-refractivity contribution in [2.24, 2.45) is 0 Å². The molecule has 5 rings (SSSR count). The molecule has 0 aliphatic heterocycles. The highest BCUT2D eigenvalue weighted by molar-refractivity contribution is 5.95. The topological polar surface area (TPSA) is 46.9 Å². The van der Waals surface area contributed by atoms with E-state index in [0.717, 1.165) is 62.3 Å². The summed E-state index contributed by atoms with van der Waals surface area (Å²) in [5.41, 5.74) is 2.59. The molecule has 1 N–H and O–H groups in total. The lowest BCUT2D eigenvalue weighted by Crippen LogP contribution is -2.37. The van der Waals surface area contributed by atoms with Crippen LogP contribution in [0.25, 0.3) is 5.69 Å². The van der Waals surface area contributed by atoms with Crippen LogP contribution in [0.15, 0.2) is 18.2 Å². The molecule has 6 heteroatoms. The number of nitrogens with one attached hydrogen (secondary N) is 1. The molecule has 142 valence electrons. The van der Waals surface area contributed by atoms with Gasteiger partial charge in [0.1, 0.15) is 11.5 Å². The van der Waals surface area contributed by atoms with Crippen molar-refractivity contribution in [3.8, 4) is 5.69 Å². The van der Waals surface area contributed by atoms with E-state index in [1.165, 1.54) is 18.6 Å². The summed E-state index contributed by atoms with van der Waals surface area (Å²) >= 11 is 0. The predicted octanol–water partition coefficient (Wildman–Crippen LogP) is 4.58. The van der Waals surface area contributed by atoms with Gasteiger partial charge in [-0.25, -0.2) is 13.5 Å². The van der Waals surface area contributed by atoms with Gasteiger partial charge in [-0.05, 0) is 50.2 Å². The zero-order valence-corrected chi connectivity index (χ0v) is 15.2. The number of fused-ring (bicyclic) bond motifs is 5. The first kappa shape index (κ1) is 16.9. The van der Waals surface area contributed by atoms with Gasteiger partial charge in [-0.1, -0.05) is 19.3 Å². The molecule has 2 saturated carbocycles. The molecule has 1 aromatic carbocycles. The van der Waals surface area contributed by atoms with Crippen molar-refractivity contribution in [1.82, 2.24) is 15.1 Å². The SMILES string of the molecule is O=C(NC1CCCCC1)c1nn(-c2ccc(F)cc2F)c2c1[C@H]1CC[C@H]2C1. The average molecular weight is 371 g/mol. The molecule has 2 bridgehead atoms. The third-order valence-electron chi connectivity index (χ3n) is 6.48. The quantitative estimate of drug-likeness (QED) is 0.859. The van der Waals surface area contributed by atoms with E-state index in [1.54, 1.807) is 4.68 Å². The monoisotopic (exact) mass is 371 g/mol. The maximum atomic E-state index is 14.4. The molecule has 3 aliphatic rings. The molecule has 0 radical (unpaired) electrons. The third kappa shape index (κ3) is 2.77. The Labute approximate surface area is 156 Å². The maximum absolute atomic E-state index is 14.4. The summed E-state index contributed by atoms with van der Waals surface area (Å²) in [6, 6.07) is 3.72. The lowest BCUT2D eigenvalue weighted by molar-refractivity contribution is 0.0920. The summed E-state index contributed by atoms with van der Waals surface area (Å²) in [5.74, 6) is -0.779. The minimum atomic E-state index is -0.651. The smallest absolute Gasteiger partial charge is 0.272 e. The Kier molecular flexibility index (Phi) is 4.02. The first-order chi connectivity index (χ1) is 13.1. The number of carbonyl (C=O) groups excluding carboxylic acids is 1. The molecule has 2 fully saturated rings. The van der Waals surface area contributed by atoms with Crippen molar-refractivity contribution in [1.29, 1.82) is 0 Å². The lowest BCUT2D eigenvalue weighted by atomic mass is 9.93. The van der Waals surface area contributed by atoms with Crippen LogP contribution < -0.4 is 5.32 Å². The van der Waals surface area contributed by atoms with E-state index in [-0.39, 0.29) is 17.6 Å². The summed E-state index contributed by atoms with van der Waals surface area (Å²) in [5, 5.41) is 7.69. The highest BCUT2D eigenvalue weighted by Crippen LogP contribution is 2.54. The lowest BCUT2D eigenvalue weighted by Gasteiger charge is -2.22. The summed E-state index contributed by atoms with van der Waals surface area (Å²) in [6.07, 6.45) is 8.62. The minimum Gasteiger partial charge on any atom is -0.348 e. The van der Waals surface area contributed by atoms with Crippen LogP contribution in [0.3, 0.4) is 0 Å². The fourth-order valence-electron chi connectivity index (χ4n) is 5.24. The van der Waals surface area contributed by atoms with Crippen molar-refractivity contribution < 1.29 is 13.6 Å². The van der Waals surface area contributed by atoms with E-state index < -0.39 is 11.6 Å². The van der Waals surface area contributed by atoms with Gasteiger partial charge in [-0.15, -0.1) is 0 Å². The molecule has 4 nitrogen and oxygen atoms in total. The Morgan fingerprint density at radius 3 is 2.63 bits per heavy atom. The molecule has 1 amide bonds. The van der Waals surface area contributed by atoms with Crippen LogP contribution in [0.2, 0.25) is 0 Å². The van der Waals surface area contributed by atoms with Crippen LogP contribution in [0.1, 0.15) is 84.9 Å². The predicted molar refractivity (Wildman–Crippen MR) is 97.2 cm³/mol. The molecular formula is C21H23F2N3O. The molecule has 1 aromatic heterocycles. The summed E-state index contributed by atoms with van der Waals surface area (Å²) in [7, 11) is 0. The minimum absolute atomic E-state index is 0.146. The number of benzene rings is 1. The molecule has 2 aromatic rings. The molecule has 0 saturated heterocycles. The van der Waals surface area contributed by atoms with Crippen LogP contribution in [0.5, 0.6) is 0 Å². The van der Waals surface area contributed by atoms with Crippen molar-refractivity contribution in [3.05, 3.63) is 46.8 Å². The van der Waals surface area contributed by atoms with Gasteiger partial charge >= 0.3 is 0 Å². The normalized spacial score (nSPS) is 24.2. The molecule has 2 atom stereocenters. The average Bonchev–Trinajstić information content (AvgIpc) is 3.35. The number of carbonyl (C=O) groups is 1. The second-order valence-corrected chi connectivity index (χ2v) is 8.17. The Bertz CT molecular complexity index is 901. The van der Waals surface area contributed by atoms with Crippen molar-refractivity contribution in [2.45, 2.75) is 69.2 Å². The zero-order valence-electron chi connectivity index (χ0n) is 15.2. The van der Waals surface area contributed by atoms with Gasteiger partial charge in [0.25, 0.3) is 5.91 Å². The number of hydrogen-bond acceptors (Lipinski definition) is 2. The van der Waals surface area contributed by atoms with Gasteiger partial charge in [0, 0.05) is 23.6 Å². The van der Waals surface area contributed by atoms with Crippen molar-refractivity contribution >= 4 is 5.91 Å². The van der Waals surface area contributed by atoms with Crippen molar-refractivity contribution in [3.63, 3.8) is 0 Å². The molecule has 3 aliphatic carbocycles. The van der Waals surface area contributed by atoms with Gasteiger partial charge < -0.3 is 5.32 Å². The third-order valence-corrected chi connectivity index (χ3v) is 6.48. The standard InChI is InChI=1S/C21H23F2N3O/c22-14-8-9-17(16(23)11-14)26-20-13-7-6-12(10-13)18(20)19(25-26)21(27)24-15-4-2-1-3-5-15/h8-9,11-13,15H,1-7,10H2,(H,24,27)/t12-,13-/m0/s1. The van der Waals surface area contributed by atoms with Crippen LogP contribution >= 0.6 is 0 Å². The van der Waals surface area contributed by atoms with Crippen LogP contribution in [0, 0.1) is 11.6 Å². The number of nitrogens with zero attached hydrogens (tertiary/aromatic N) is 2. The molecule has 0 spiro atoms. The van der Waals surface area contributed by atoms with Crippen LogP contribution in [0.4, 0.5) is 8.78 Å². The van der Waals surface area contributed by atoms with Gasteiger partial charge in [0.2, 0.25) is 0 Å². The second kappa shape index (κ2) is 6.43. The summed E-state index contributed by atoms with van der Waals surface area (Å²) in [4.78, 5) is 13.0. The van der Waals surface area contributed by atoms with Crippen LogP contribution in [-0.2, 0) is 0 Å². The Hall–Kier alpha value is -2.24. The second-order valence-electron chi connectivity index (χ2n) is 8.17. The fraction of sp³-hybridized carbons (Fsp3) is 0.524. The molecular weight excluding hydrogens is 348 g/mol. The van der Waals surface area contributed by atoms with E-state index >= 15 is 0 Å². The zero-order chi connectivity index (χ0) is 18.5. The number of hydrogen-bond donors (Lipinski definition) is 1. The Morgan fingerprint density at radius 2 is 1.85 bits per heavy atom. The molecule has 0 unspecified atom stereocenters.